The molecule has 1 fully saturated rings. The second-order valence-corrected chi connectivity index (χ2v) is 4.15. The van der Waals surface area contributed by atoms with Gasteiger partial charge in [-0.05, 0) is 6.92 Å². The minimum atomic E-state index is 0.0459. The second-order valence-electron chi connectivity index (χ2n) is 4.15. The molecule has 1 aromatic rings. The van der Waals surface area contributed by atoms with E-state index in [4.69, 9.17) is 4.84 Å². The molecule has 0 unspecified atom stereocenters. The maximum absolute atomic E-state index is 11.9. The van der Waals surface area contributed by atoms with Crippen LogP contribution in [0.1, 0.15) is 11.4 Å². The summed E-state index contributed by atoms with van der Waals surface area (Å²) in [6.45, 7) is 3.15. The lowest BCUT2D eigenvalue weighted by Crippen LogP contribution is -2.60. The number of likely N-dealkylation sites (tertiary alicyclic amines) is 1. The zero-order valence-corrected chi connectivity index (χ0v) is 10.2. The highest BCUT2D eigenvalue weighted by Gasteiger charge is 2.34. The molecule has 17 heavy (non-hydrogen) atoms. The van der Waals surface area contributed by atoms with Crippen molar-refractivity contribution in [3.05, 3.63) is 11.4 Å². The third-order valence-electron chi connectivity index (χ3n) is 3.08. The normalized spacial score (nSPS) is 16.4. The van der Waals surface area contributed by atoms with Crippen molar-refractivity contribution >= 4 is 5.91 Å². The van der Waals surface area contributed by atoms with Crippen molar-refractivity contribution in [3.63, 3.8) is 0 Å². The molecule has 0 saturated carbocycles. The van der Waals surface area contributed by atoms with E-state index in [9.17, 15) is 4.79 Å². The minimum Gasteiger partial charge on any atom is -0.339 e. The lowest BCUT2D eigenvalue weighted by Gasteiger charge is -2.42. The van der Waals surface area contributed by atoms with Gasteiger partial charge in [0.25, 0.3) is 0 Å². The SMILES string of the molecule is CON(C)C1CN(C(=O)Cc2nonc2C)C1. The first-order valence-electron chi connectivity index (χ1n) is 5.44. The van der Waals surface area contributed by atoms with E-state index in [0.717, 1.165) is 0 Å². The van der Waals surface area contributed by atoms with Crippen molar-refractivity contribution in [2.75, 3.05) is 27.2 Å². The third kappa shape index (κ3) is 2.45. The number of likely N-dealkylation sites (N-methyl/N-ethyl adjacent to an activating group) is 1. The van der Waals surface area contributed by atoms with Crippen LogP contribution in [-0.2, 0) is 16.1 Å². The summed E-state index contributed by atoms with van der Waals surface area (Å²) in [5, 5.41) is 9.10. The van der Waals surface area contributed by atoms with Crippen LogP contribution in [0.25, 0.3) is 0 Å². The van der Waals surface area contributed by atoms with Gasteiger partial charge >= 0.3 is 0 Å². The third-order valence-corrected chi connectivity index (χ3v) is 3.08. The lowest BCUT2D eigenvalue weighted by atomic mass is 10.1. The van der Waals surface area contributed by atoms with Crippen LogP contribution in [0, 0.1) is 6.92 Å². The molecule has 1 amide bonds. The fourth-order valence-electron chi connectivity index (χ4n) is 1.70. The van der Waals surface area contributed by atoms with Gasteiger partial charge in [0.15, 0.2) is 0 Å². The first kappa shape index (κ1) is 12.0. The highest BCUT2D eigenvalue weighted by atomic mass is 16.7. The molecule has 1 aliphatic heterocycles. The summed E-state index contributed by atoms with van der Waals surface area (Å²) in [6, 6.07) is 0.278. The first-order valence-corrected chi connectivity index (χ1v) is 5.44. The van der Waals surface area contributed by atoms with E-state index in [0.29, 0.717) is 24.5 Å². The highest BCUT2D eigenvalue weighted by Crippen LogP contribution is 2.15. The van der Waals surface area contributed by atoms with Crippen molar-refractivity contribution in [2.24, 2.45) is 0 Å². The Morgan fingerprint density at radius 2 is 2.29 bits per heavy atom. The van der Waals surface area contributed by atoms with Gasteiger partial charge < -0.3 is 9.74 Å². The van der Waals surface area contributed by atoms with E-state index >= 15 is 0 Å². The molecule has 7 heteroatoms. The number of aryl methyl sites for hydroxylation is 1. The minimum absolute atomic E-state index is 0.0459. The number of nitrogens with zero attached hydrogens (tertiary/aromatic N) is 4. The summed E-state index contributed by atoms with van der Waals surface area (Å²) >= 11 is 0. The zero-order valence-electron chi connectivity index (χ0n) is 10.2. The van der Waals surface area contributed by atoms with E-state index in [1.165, 1.54) is 0 Å². The van der Waals surface area contributed by atoms with Gasteiger partial charge in [0, 0.05) is 20.1 Å². The highest BCUT2D eigenvalue weighted by molar-refractivity contribution is 5.79. The Kier molecular flexibility index (Phi) is 3.39. The Labute approximate surface area is 99.2 Å². The summed E-state index contributed by atoms with van der Waals surface area (Å²) in [5.41, 5.74) is 1.28. The average molecular weight is 240 g/mol. The molecule has 0 atom stereocenters. The molecule has 0 aliphatic carbocycles. The molecule has 2 heterocycles. The summed E-state index contributed by atoms with van der Waals surface area (Å²) in [7, 11) is 3.48. The van der Waals surface area contributed by atoms with E-state index in [-0.39, 0.29) is 18.4 Å². The number of aromatic nitrogens is 2. The first-order chi connectivity index (χ1) is 8.11. The molecule has 1 saturated heterocycles. The summed E-state index contributed by atoms with van der Waals surface area (Å²) in [6.07, 6.45) is 0.249. The number of hydrogen-bond donors (Lipinski definition) is 0. The molecule has 7 nitrogen and oxygen atoms in total. The zero-order chi connectivity index (χ0) is 12.4. The van der Waals surface area contributed by atoms with Gasteiger partial charge in [-0.15, -0.1) is 0 Å². The predicted octanol–water partition coefficient (Wildman–Crippen LogP) is -0.375. The van der Waals surface area contributed by atoms with E-state index < -0.39 is 0 Å². The number of carbonyl (C=O) groups excluding carboxylic acids is 1. The Hall–Kier alpha value is -1.47. The summed E-state index contributed by atoms with van der Waals surface area (Å²) in [4.78, 5) is 18.7. The smallest absolute Gasteiger partial charge is 0.228 e. The maximum Gasteiger partial charge on any atom is 0.228 e. The van der Waals surface area contributed by atoms with Gasteiger partial charge in [0.2, 0.25) is 5.91 Å². The number of rotatable bonds is 4. The van der Waals surface area contributed by atoms with Crippen LogP contribution in [0.5, 0.6) is 0 Å². The Morgan fingerprint density at radius 1 is 1.59 bits per heavy atom. The quantitative estimate of drug-likeness (QED) is 0.668. The molecule has 94 valence electrons. The van der Waals surface area contributed by atoms with E-state index in [2.05, 4.69) is 14.9 Å². The van der Waals surface area contributed by atoms with Crippen LogP contribution in [-0.4, -0.2) is 59.5 Å². The fraction of sp³-hybridized carbons (Fsp3) is 0.700. The van der Waals surface area contributed by atoms with Crippen molar-refractivity contribution in [3.8, 4) is 0 Å². The molecule has 1 aromatic heterocycles. The van der Waals surface area contributed by atoms with Crippen LogP contribution in [0.15, 0.2) is 4.63 Å². The predicted molar refractivity (Wildman–Crippen MR) is 57.9 cm³/mol. The monoisotopic (exact) mass is 240 g/mol. The van der Waals surface area contributed by atoms with Gasteiger partial charge in [-0.25, -0.2) is 4.63 Å². The Bertz CT molecular complexity index is 400. The number of hydrogen-bond acceptors (Lipinski definition) is 6. The molecule has 0 radical (unpaired) electrons. The van der Waals surface area contributed by atoms with Gasteiger partial charge in [-0.3, -0.25) is 4.79 Å². The van der Waals surface area contributed by atoms with Crippen LogP contribution in [0.2, 0.25) is 0 Å². The van der Waals surface area contributed by atoms with E-state index in [1.54, 1.807) is 24.0 Å². The largest absolute Gasteiger partial charge is 0.339 e. The Morgan fingerprint density at radius 3 is 2.82 bits per heavy atom. The van der Waals surface area contributed by atoms with Gasteiger partial charge in [-0.2, -0.15) is 5.06 Å². The van der Waals surface area contributed by atoms with Crippen LogP contribution in [0.3, 0.4) is 0 Å². The molecule has 2 rings (SSSR count). The van der Waals surface area contributed by atoms with Gasteiger partial charge in [0.1, 0.15) is 11.4 Å². The molecule has 0 aromatic carbocycles. The number of hydroxylamine groups is 2. The maximum atomic E-state index is 11.9. The summed E-state index contributed by atoms with van der Waals surface area (Å²) < 4.78 is 4.56. The molecular weight excluding hydrogens is 224 g/mol. The number of carbonyl (C=O) groups is 1. The van der Waals surface area contributed by atoms with Gasteiger partial charge in [-0.1, -0.05) is 10.3 Å². The fourth-order valence-corrected chi connectivity index (χ4v) is 1.70. The molecule has 0 spiro atoms. The molecule has 0 bridgehead atoms. The molecular formula is C10H16N4O3. The molecule has 1 aliphatic rings. The Balaban J connectivity index is 1.82. The number of amides is 1. The second kappa shape index (κ2) is 4.80. The topological polar surface area (TPSA) is 71.7 Å². The lowest BCUT2D eigenvalue weighted by molar-refractivity contribution is -0.180. The van der Waals surface area contributed by atoms with Crippen LogP contribution >= 0.6 is 0 Å². The standard InChI is InChI=1S/C10H16N4O3/c1-7-9(12-17-11-7)4-10(15)14-5-8(6-14)13(2)16-3/h8H,4-6H2,1-3H3. The van der Waals surface area contributed by atoms with Gasteiger partial charge in [0.05, 0.1) is 19.6 Å². The summed E-state index contributed by atoms with van der Waals surface area (Å²) in [5.74, 6) is 0.0459. The van der Waals surface area contributed by atoms with Crippen LogP contribution in [0.4, 0.5) is 0 Å². The van der Waals surface area contributed by atoms with E-state index in [1.807, 2.05) is 7.05 Å². The van der Waals surface area contributed by atoms with Crippen LogP contribution < -0.4 is 0 Å². The molecule has 0 N–H and O–H groups in total. The van der Waals surface area contributed by atoms with Crippen molar-refractivity contribution < 1.29 is 14.3 Å². The van der Waals surface area contributed by atoms with Crippen molar-refractivity contribution in [1.82, 2.24) is 20.3 Å². The average Bonchev–Trinajstić information content (AvgIpc) is 2.62. The van der Waals surface area contributed by atoms with Crippen molar-refractivity contribution in [1.29, 1.82) is 0 Å². The van der Waals surface area contributed by atoms with Crippen molar-refractivity contribution in [2.45, 2.75) is 19.4 Å².